The van der Waals surface area contributed by atoms with Crippen molar-refractivity contribution >= 4 is 29.0 Å². The van der Waals surface area contributed by atoms with Crippen LogP contribution < -0.4 is 9.47 Å². The highest BCUT2D eigenvalue weighted by Gasteiger charge is 2.34. The second-order valence-corrected chi connectivity index (χ2v) is 6.68. The lowest BCUT2D eigenvalue weighted by Crippen LogP contribution is -2.30. The Morgan fingerprint density at radius 3 is 2.42 bits per heavy atom. The van der Waals surface area contributed by atoms with Gasteiger partial charge in [-0.25, -0.2) is 0 Å². The van der Waals surface area contributed by atoms with Crippen molar-refractivity contribution in [2.75, 3.05) is 20.8 Å². The zero-order chi connectivity index (χ0) is 18.5. The van der Waals surface area contributed by atoms with Gasteiger partial charge in [0.15, 0.2) is 11.5 Å². The molecule has 1 aliphatic rings. The summed E-state index contributed by atoms with van der Waals surface area (Å²) in [5, 5.41) is -0.238. The lowest BCUT2D eigenvalue weighted by Gasteiger charge is -2.12. The molecule has 5 nitrogen and oxygen atoms in total. The lowest BCUT2D eigenvalue weighted by molar-refractivity contribution is -0.122. The molecule has 6 heteroatoms. The number of thioether (sulfide) groups is 1. The molecular weight excluding hydrogens is 350 g/mol. The third-order valence-electron chi connectivity index (χ3n) is 4.05. The number of imide groups is 1. The van der Waals surface area contributed by atoms with E-state index in [0.717, 1.165) is 22.9 Å². The van der Waals surface area contributed by atoms with Crippen LogP contribution in [0.4, 0.5) is 4.79 Å². The van der Waals surface area contributed by atoms with Crippen molar-refractivity contribution in [3.05, 3.63) is 64.6 Å². The summed E-state index contributed by atoms with van der Waals surface area (Å²) in [6.07, 6.45) is 2.35. The first-order chi connectivity index (χ1) is 12.6. The van der Waals surface area contributed by atoms with Crippen LogP contribution in [-0.4, -0.2) is 36.8 Å². The molecule has 0 radical (unpaired) electrons. The van der Waals surface area contributed by atoms with E-state index in [1.54, 1.807) is 32.4 Å². The number of carbonyl (C=O) groups is 2. The molecule has 134 valence electrons. The van der Waals surface area contributed by atoms with Gasteiger partial charge >= 0.3 is 0 Å². The molecule has 2 aromatic rings. The van der Waals surface area contributed by atoms with Crippen molar-refractivity contribution in [3.63, 3.8) is 0 Å². The molecule has 1 aliphatic heterocycles. The molecule has 0 aromatic heterocycles. The first-order valence-electron chi connectivity index (χ1n) is 8.13. The van der Waals surface area contributed by atoms with E-state index in [9.17, 15) is 9.59 Å². The first kappa shape index (κ1) is 18.1. The highest BCUT2D eigenvalue weighted by Crippen LogP contribution is 2.34. The maximum absolute atomic E-state index is 12.6. The number of carbonyl (C=O) groups excluding carboxylic acids is 2. The standard InChI is InChI=1S/C20H19NO4S/c1-24-16-9-8-15(12-17(16)25-2)13-18-19(22)21(20(23)26-18)11-10-14-6-4-3-5-7-14/h3-9,12-13H,10-11H2,1-2H3/b18-13-. The van der Waals surface area contributed by atoms with E-state index in [-0.39, 0.29) is 11.1 Å². The van der Waals surface area contributed by atoms with Gasteiger partial charge in [0, 0.05) is 6.54 Å². The Bertz CT molecular complexity index is 848. The summed E-state index contributed by atoms with van der Waals surface area (Å²) in [5.74, 6) is 0.927. The van der Waals surface area contributed by atoms with Crippen LogP contribution in [0, 0.1) is 0 Å². The van der Waals surface area contributed by atoms with Crippen LogP contribution >= 0.6 is 11.8 Å². The van der Waals surface area contributed by atoms with Gasteiger partial charge < -0.3 is 9.47 Å². The predicted molar refractivity (Wildman–Crippen MR) is 102 cm³/mol. The molecule has 0 unspecified atom stereocenters. The summed E-state index contributed by atoms with van der Waals surface area (Å²) >= 11 is 0.962. The van der Waals surface area contributed by atoms with Gasteiger partial charge in [-0.15, -0.1) is 0 Å². The molecule has 2 amide bonds. The van der Waals surface area contributed by atoms with Gasteiger partial charge in [0.2, 0.25) is 0 Å². The highest BCUT2D eigenvalue weighted by atomic mass is 32.2. The molecular formula is C20H19NO4S. The zero-order valence-electron chi connectivity index (χ0n) is 14.6. The van der Waals surface area contributed by atoms with Gasteiger partial charge in [0.05, 0.1) is 19.1 Å². The minimum Gasteiger partial charge on any atom is -0.493 e. The van der Waals surface area contributed by atoms with E-state index < -0.39 is 0 Å². The normalized spacial score (nSPS) is 15.6. The number of benzene rings is 2. The lowest BCUT2D eigenvalue weighted by atomic mass is 10.1. The van der Waals surface area contributed by atoms with Gasteiger partial charge in [-0.3, -0.25) is 14.5 Å². The third-order valence-corrected chi connectivity index (χ3v) is 4.95. The Hall–Kier alpha value is -2.73. The number of hydrogen-bond acceptors (Lipinski definition) is 5. The van der Waals surface area contributed by atoms with Crippen molar-refractivity contribution in [1.82, 2.24) is 4.90 Å². The van der Waals surface area contributed by atoms with E-state index in [1.165, 1.54) is 4.90 Å². The van der Waals surface area contributed by atoms with Crippen molar-refractivity contribution in [2.45, 2.75) is 6.42 Å². The van der Waals surface area contributed by atoms with Gasteiger partial charge in [-0.2, -0.15) is 0 Å². The first-order valence-corrected chi connectivity index (χ1v) is 8.95. The molecule has 1 fully saturated rings. The van der Waals surface area contributed by atoms with Gasteiger partial charge in [-0.05, 0) is 47.5 Å². The Labute approximate surface area is 156 Å². The fraction of sp³-hybridized carbons (Fsp3) is 0.200. The average molecular weight is 369 g/mol. The summed E-state index contributed by atoms with van der Waals surface area (Å²) in [5.41, 5.74) is 1.87. The minimum absolute atomic E-state index is 0.238. The van der Waals surface area contributed by atoms with Crippen LogP contribution in [0.5, 0.6) is 11.5 Å². The molecule has 0 bridgehead atoms. The van der Waals surface area contributed by atoms with Crippen LogP contribution in [0.2, 0.25) is 0 Å². The fourth-order valence-corrected chi connectivity index (χ4v) is 3.54. The van der Waals surface area contributed by atoms with Crippen LogP contribution in [0.3, 0.4) is 0 Å². The molecule has 26 heavy (non-hydrogen) atoms. The topological polar surface area (TPSA) is 55.8 Å². The summed E-state index contributed by atoms with van der Waals surface area (Å²) in [6, 6.07) is 15.2. The van der Waals surface area contributed by atoms with E-state index >= 15 is 0 Å². The molecule has 1 saturated heterocycles. The summed E-state index contributed by atoms with van der Waals surface area (Å²) in [7, 11) is 3.12. The average Bonchev–Trinajstić information content (AvgIpc) is 2.93. The van der Waals surface area contributed by atoms with Crippen molar-refractivity contribution in [2.24, 2.45) is 0 Å². The summed E-state index contributed by atoms with van der Waals surface area (Å²) in [6.45, 7) is 0.373. The second-order valence-electron chi connectivity index (χ2n) is 5.68. The SMILES string of the molecule is COc1ccc(/C=C2\SC(=O)N(CCc3ccccc3)C2=O)cc1OC. The van der Waals surface area contributed by atoms with E-state index in [2.05, 4.69) is 0 Å². The van der Waals surface area contributed by atoms with Gasteiger partial charge in [-0.1, -0.05) is 36.4 Å². The maximum Gasteiger partial charge on any atom is 0.293 e. The molecule has 0 aliphatic carbocycles. The number of ether oxygens (including phenoxy) is 2. The number of methoxy groups -OCH3 is 2. The number of rotatable bonds is 6. The Balaban J connectivity index is 1.74. The molecule has 2 aromatic carbocycles. The molecule has 1 heterocycles. The quantitative estimate of drug-likeness (QED) is 0.721. The predicted octanol–water partition coefficient (Wildman–Crippen LogP) is 3.98. The van der Waals surface area contributed by atoms with Crippen molar-refractivity contribution < 1.29 is 19.1 Å². The van der Waals surface area contributed by atoms with Crippen LogP contribution in [0.25, 0.3) is 6.08 Å². The Kier molecular flexibility index (Phi) is 5.63. The smallest absolute Gasteiger partial charge is 0.293 e. The molecule has 3 rings (SSSR count). The van der Waals surface area contributed by atoms with Crippen molar-refractivity contribution in [3.8, 4) is 11.5 Å². The second kappa shape index (κ2) is 8.10. The Morgan fingerprint density at radius 1 is 1.00 bits per heavy atom. The van der Waals surface area contributed by atoms with E-state index in [1.807, 2.05) is 36.4 Å². The Morgan fingerprint density at radius 2 is 1.73 bits per heavy atom. The zero-order valence-corrected chi connectivity index (χ0v) is 15.4. The van der Waals surface area contributed by atoms with Gasteiger partial charge in [0.25, 0.3) is 11.1 Å². The third kappa shape index (κ3) is 3.91. The van der Waals surface area contributed by atoms with Gasteiger partial charge in [0.1, 0.15) is 0 Å². The maximum atomic E-state index is 12.6. The molecule has 0 spiro atoms. The number of hydrogen-bond donors (Lipinski definition) is 0. The largest absolute Gasteiger partial charge is 0.493 e. The van der Waals surface area contributed by atoms with E-state index in [0.29, 0.717) is 29.4 Å². The van der Waals surface area contributed by atoms with Crippen molar-refractivity contribution in [1.29, 1.82) is 0 Å². The summed E-state index contributed by atoms with van der Waals surface area (Å²) in [4.78, 5) is 26.5. The molecule has 0 saturated carbocycles. The number of amides is 2. The highest BCUT2D eigenvalue weighted by molar-refractivity contribution is 8.18. The number of nitrogens with zero attached hydrogens (tertiary/aromatic N) is 1. The molecule has 0 atom stereocenters. The van der Waals surface area contributed by atoms with E-state index in [4.69, 9.17) is 9.47 Å². The monoisotopic (exact) mass is 369 g/mol. The van der Waals surface area contributed by atoms with Crippen LogP contribution in [0.1, 0.15) is 11.1 Å². The fourth-order valence-electron chi connectivity index (χ4n) is 2.67. The summed E-state index contributed by atoms with van der Waals surface area (Å²) < 4.78 is 10.5. The minimum atomic E-state index is -0.259. The molecule has 0 N–H and O–H groups in total. The van der Waals surface area contributed by atoms with Crippen LogP contribution in [-0.2, 0) is 11.2 Å². The van der Waals surface area contributed by atoms with Crippen LogP contribution in [0.15, 0.2) is 53.4 Å².